The predicted molar refractivity (Wildman–Crippen MR) is 64.9 cm³/mol. The van der Waals surface area contributed by atoms with Gasteiger partial charge in [0.15, 0.2) is 0 Å². The monoisotopic (exact) mass is 225 g/mol. The van der Waals surface area contributed by atoms with Crippen LogP contribution in [-0.4, -0.2) is 5.11 Å². The molecule has 15 heavy (non-hydrogen) atoms. The number of aliphatic hydroxyl groups is 1. The fourth-order valence-electron chi connectivity index (χ4n) is 1.39. The Balaban J connectivity index is 2.73. The molecule has 0 heterocycles. The minimum Gasteiger partial charge on any atom is -0.398 e. The summed E-state index contributed by atoms with van der Waals surface area (Å²) >= 11 is 5.77. The third kappa shape index (κ3) is 3.57. The highest BCUT2D eigenvalue weighted by atomic mass is 35.5. The number of nitrogen functional groups attached to an aromatic ring is 1. The topological polar surface area (TPSA) is 46.2 Å². The molecule has 0 aliphatic rings. The second kappa shape index (κ2) is 5.19. The second-order valence-corrected chi connectivity index (χ2v) is 4.22. The standard InChI is InChI=1S/C12H16ClNO/c1-8(2)3-6-12(15)10-5-4-9(13)7-11(10)14/h4-5,7,12,15H,1,3,6,14H2,2H3. The van der Waals surface area contributed by atoms with Gasteiger partial charge in [0.25, 0.3) is 0 Å². The van der Waals surface area contributed by atoms with Crippen molar-refractivity contribution < 1.29 is 5.11 Å². The largest absolute Gasteiger partial charge is 0.398 e. The van der Waals surface area contributed by atoms with Crippen LogP contribution in [0.5, 0.6) is 0 Å². The zero-order chi connectivity index (χ0) is 11.4. The minimum absolute atomic E-state index is 0.539. The van der Waals surface area contributed by atoms with E-state index in [1.165, 1.54) is 0 Å². The molecule has 1 aromatic carbocycles. The predicted octanol–water partition coefficient (Wildman–Crippen LogP) is 3.31. The van der Waals surface area contributed by atoms with Crippen molar-refractivity contribution in [1.29, 1.82) is 0 Å². The molecule has 3 heteroatoms. The second-order valence-electron chi connectivity index (χ2n) is 3.78. The van der Waals surface area contributed by atoms with Crippen LogP contribution in [0.2, 0.25) is 5.02 Å². The van der Waals surface area contributed by atoms with Crippen LogP contribution >= 0.6 is 11.6 Å². The summed E-state index contributed by atoms with van der Waals surface area (Å²) in [6.45, 7) is 5.74. The van der Waals surface area contributed by atoms with E-state index in [4.69, 9.17) is 17.3 Å². The van der Waals surface area contributed by atoms with Gasteiger partial charge in [-0.15, -0.1) is 6.58 Å². The van der Waals surface area contributed by atoms with E-state index in [1.54, 1.807) is 18.2 Å². The van der Waals surface area contributed by atoms with Crippen molar-refractivity contribution in [2.45, 2.75) is 25.9 Å². The van der Waals surface area contributed by atoms with E-state index in [9.17, 15) is 5.11 Å². The highest BCUT2D eigenvalue weighted by Gasteiger charge is 2.10. The number of hydrogen-bond acceptors (Lipinski definition) is 2. The number of halogens is 1. The van der Waals surface area contributed by atoms with E-state index >= 15 is 0 Å². The molecule has 0 bridgehead atoms. The number of rotatable bonds is 4. The summed E-state index contributed by atoms with van der Waals surface area (Å²) in [5, 5.41) is 10.5. The van der Waals surface area contributed by atoms with Gasteiger partial charge in [0.1, 0.15) is 0 Å². The highest BCUT2D eigenvalue weighted by molar-refractivity contribution is 6.30. The fraction of sp³-hybridized carbons (Fsp3) is 0.333. The van der Waals surface area contributed by atoms with E-state index < -0.39 is 6.10 Å². The highest BCUT2D eigenvalue weighted by Crippen LogP contribution is 2.27. The Kier molecular flexibility index (Phi) is 4.18. The summed E-state index contributed by atoms with van der Waals surface area (Å²) in [7, 11) is 0. The molecule has 2 nitrogen and oxygen atoms in total. The summed E-state index contributed by atoms with van der Waals surface area (Å²) in [4.78, 5) is 0. The molecule has 0 saturated carbocycles. The van der Waals surface area contributed by atoms with Gasteiger partial charge >= 0.3 is 0 Å². The summed E-state index contributed by atoms with van der Waals surface area (Å²) in [5.41, 5.74) is 8.09. The Bertz CT molecular complexity index is 363. The smallest absolute Gasteiger partial charge is 0.0813 e. The van der Waals surface area contributed by atoms with Gasteiger partial charge in [0.2, 0.25) is 0 Å². The van der Waals surface area contributed by atoms with Gasteiger partial charge in [-0.2, -0.15) is 0 Å². The number of allylic oxidation sites excluding steroid dienone is 1. The zero-order valence-electron chi connectivity index (χ0n) is 8.83. The summed E-state index contributed by atoms with van der Waals surface area (Å²) < 4.78 is 0. The zero-order valence-corrected chi connectivity index (χ0v) is 9.59. The molecule has 0 aliphatic heterocycles. The van der Waals surface area contributed by atoms with Gasteiger partial charge < -0.3 is 10.8 Å². The van der Waals surface area contributed by atoms with Crippen molar-refractivity contribution in [3.63, 3.8) is 0 Å². The molecule has 0 fully saturated rings. The van der Waals surface area contributed by atoms with E-state index in [1.807, 2.05) is 6.92 Å². The molecular weight excluding hydrogens is 210 g/mol. The first-order valence-electron chi connectivity index (χ1n) is 4.88. The molecule has 1 aromatic rings. The molecule has 1 atom stereocenters. The Morgan fingerprint density at radius 3 is 2.80 bits per heavy atom. The fourth-order valence-corrected chi connectivity index (χ4v) is 1.57. The molecule has 0 aliphatic carbocycles. The lowest BCUT2D eigenvalue weighted by Gasteiger charge is -2.13. The molecule has 1 unspecified atom stereocenters. The Hall–Kier alpha value is -0.990. The Morgan fingerprint density at radius 1 is 1.60 bits per heavy atom. The third-order valence-electron chi connectivity index (χ3n) is 2.25. The third-order valence-corrected chi connectivity index (χ3v) is 2.49. The first-order valence-corrected chi connectivity index (χ1v) is 5.26. The number of benzene rings is 1. The summed E-state index contributed by atoms with van der Waals surface area (Å²) in [5.74, 6) is 0. The van der Waals surface area contributed by atoms with Gasteiger partial charge in [-0.1, -0.05) is 23.2 Å². The SMILES string of the molecule is C=C(C)CCC(O)c1ccc(Cl)cc1N. The number of anilines is 1. The Morgan fingerprint density at radius 2 is 2.27 bits per heavy atom. The molecule has 0 saturated heterocycles. The first kappa shape index (κ1) is 12.1. The minimum atomic E-state index is -0.543. The van der Waals surface area contributed by atoms with E-state index in [2.05, 4.69) is 6.58 Å². The molecular formula is C12H16ClNO. The van der Waals surface area contributed by atoms with E-state index in [0.717, 1.165) is 17.6 Å². The van der Waals surface area contributed by atoms with Crippen molar-refractivity contribution in [3.05, 3.63) is 40.9 Å². The van der Waals surface area contributed by atoms with Crippen molar-refractivity contribution in [1.82, 2.24) is 0 Å². The van der Waals surface area contributed by atoms with Crippen LogP contribution in [0.25, 0.3) is 0 Å². The lowest BCUT2D eigenvalue weighted by molar-refractivity contribution is 0.168. The molecule has 0 amide bonds. The van der Waals surface area contributed by atoms with Gasteiger partial charge in [0.05, 0.1) is 6.10 Å². The summed E-state index contributed by atoms with van der Waals surface area (Å²) in [6.07, 6.45) is 0.892. The maximum atomic E-state index is 9.88. The Labute approximate surface area is 95.4 Å². The average molecular weight is 226 g/mol. The lowest BCUT2D eigenvalue weighted by atomic mass is 10.0. The summed E-state index contributed by atoms with van der Waals surface area (Å²) in [6, 6.07) is 5.15. The van der Waals surface area contributed by atoms with Crippen LogP contribution in [0.1, 0.15) is 31.4 Å². The molecule has 0 aromatic heterocycles. The van der Waals surface area contributed by atoms with Crippen molar-refractivity contribution in [2.24, 2.45) is 0 Å². The van der Waals surface area contributed by atoms with Crippen LogP contribution in [0.3, 0.4) is 0 Å². The van der Waals surface area contributed by atoms with Crippen LogP contribution < -0.4 is 5.73 Å². The number of aliphatic hydroxyl groups excluding tert-OH is 1. The molecule has 0 radical (unpaired) electrons. The molecule has 1 rings (SSSR count). The van der Waals surface area contributed by atoms with Crippen molar-refractivity contribution >= 4 is 17.3 Å². The lowest BCUT2D eigenvalue weighted by Crippen LogP contribution is -2.02. The quantitative estimate of drug-likeness (QED) is 0.610. The van der Waals surface area contributed by atoms with Gasteiger partial charge in [0, 0.05) is 16.3 Å². The van der Waals surface area contributed by atoms with Crippen LogP contribution in [-0.2, 0) is 0 Å². The van der Waals surface area contributed by atoms with Gasteiger partial charge in [-0.05, 0) is 31.9 Å². The average Bonchev–Trinajstić information content (AvgIpc) is 2.14. The number of hydrogen-bond donors (Lipinski definition) is 2. The van der Waals surface area contributed by atoms with E-state index in [-0.39, 0.29) is 0 Å². The maximum absolute atomic E-state index is 9.88. The van der Waals surface area contributed by atoms with Crippen LogP contribution in [0.4, 0.5) is 5.69 Å². The van der Waals surface area contributed by atoms with Crippen molar-refractivity contribution in [2.75, 3.05) is 5.73 Å². The first-order chi connectivity index (χ1) is 7.00. The van der Waals surface area contributed by atoms with E-state index in [0.29, 0.717) is 17.1 Å². The molecule has 82 valence electrons. The van der Waals surface area contributed by atoms with Gasteiger partial charge in [-0.25, -0.2) is 0 Å². The molecule has 3 N–H and O–H groups in total. The number of nitrogens with two attached hydrogens (primary N) is 1. The normalized spacial score (nSPS) is 12.5. The molecule has 0 spiro atoms. The van der Waals surface area contributed by atoms with Crippen LogP contribution in [0, 0.1) is 0 Å². The maximum Gasteiger partial charge on any atom is 0.0813 e. The van der Waals surface area contributed by atoms with Crippen LogP contribution in [0.15, 0.2) is 30.4 Å². The van der Waals surface area contributed by atoms with Gasteiger partial charge in [-0.3, -0.25) is 0 Å². The van der Waals surface area contributed by atoms with Crippen molar-refractivity contribution in [3.8, 4) is 0 Å².